The van der Waals surface area contributed by atoms with Crippen molar-refractivity contribution in [1.29, 1.82) is 0 Å². The molecule has 1 aliphatic rings. The Morgan fingerprint density at radius 2 is 1.96 bits per heavy atom. The van der Waals surface area contributed by atoms with E-state index >= 15 is 0 Å². The van der Waals surface area contributed by atoms with Gasteiger partial charge in [0, 0.05) is 18.5 Å². The molecule has 0 aliphatic heterocycles. The zero-order valence-electron chi connectivity index (χ0n) is 12.6. The number of ether oxygens (including phenoxy) is 1. The molecule has 1 fully saturated rings. The van der Waals surface area contributed by atoms with Crippen LogP contribution in [0.4, 0.5) is 4.79 Å². The van der Waals surface area contributed by atoms with Gasteiger partial charge in [0.2, 0.25) is 5.75 Å². The molecule has 0 radical (unpaired) electrons. The lowest BCUT2D eigenvalue weighted by Gasteiger charge is -2.12. The van der Waals surface area contributed by atoms with Crippen molar-refractivity contribution in [3.8, 4) is 17.0 Å². The number of amides is 1. The van der Waals surface area contributed by atoms with E-state index in [2.05, 4.69) is 10.5 Å². The number of rotatable bonds is 3. The van der Waals surface area contributed by atoms with Gasteiger partial charge in [-0.15, -0.1) is 0 Å². The Kier molecular flexibility index (Phi) is 4.78. The molecule has 0 unspecified atom stereocenters. The van der Waals surface area contributed by atoms with Gasteiger partial charge in [0.05, 0.1) is 10.0 Å². The second-order valence-corrected chi connectivity index (χ2v) is 6.34. The van der Waals surface area contributed by atoms with E-state index in [0.29, 0.717) is 27.1 Å². The maximum atomic E-state index is 12.1. The average Bonchev–Trinajstić information content (AvgIpc) is 3.11. The smallest absolute Gasteiger partial charge is 0.404 e. The zero-order valence-corrected chi connectivity index (χ0v) is 14.1. The summed E-state index contributed by atoms with van der Waals surface area (Å²) in [6, 6.07) is 5.27. The van der Waals surface area contributed by atoms with E-state index in [1.54, 1.807) is 25.1 Å². The molecular weight excluding hydrogens is 339 g/mol. The number of nitrogens with zero attached hydrogens (tertiary/aromatic N) is 1. The number of hydrogen-bond acceptors (Lipinski definition) is 4. The molecule has 0 saturated heterocycles. The molecule has 1 N–H and O–H groups in total. The maximum Gasteiger partial charge on any atom is 0.413 e. The number of nitrogens with one attached hydrogen (secondary N) is 1. The molecule has 0 spiro atoms. The minimum atomic E-state index is -0.521. The van der Waals surface area contributed by atoms with Crippen LogP contribution in [-0.4, -0.2) is 17.3 Å². The third-order valence-electron chi connectivity index (χ3n) is 3.88. The van der Waals surface area contributed by atoms with Crippen molar-refractivity contribution in [1.82, 2.24) is 10.5 Å². The molecule has 7 heteroatoms. The number of aromatic nitrogens is 1. The van der Waals surface area contributed by atoms with Crippen LogP contribution in [0.5, 0.6) is 5.75 Å². The van der Waals surface area contributed by atoms with Crippen molar-refractivity contribution >= 4 is 29.3 Å². The van der Waals surface area contributed by atoms with Gasteiger partial charge in [-0.05, 0) is 25.0 Å². The molecule has 1 aromatic heterocycles. The van der Waals surface area contributed by atoms with Gasteiger partial charge in [-0.3, -0.25) is 0 Å². The number of benzene rings is 1. The van der Waals surface area contributed by atoms with Crippen LogP contribution in [0.25, 0.3) is 11.3 Å². The highest BCUT2D eigenvalue weighted by atomic mass is 35.5. The van der Waals surface area contributed by atoms with Gasteiger partial charge in [0.15, 0.2) is 11.5 Å². The van der Waals surface area contributed by atoms with Crippen LogP contribution in [0, 0.1) is 6.92 Å². The molecule has 23 heavy (non-hydrogen) atoms. The summed E-state index contributed by atoms with van der Waals surface area (Å²) < 4.78 is 10.6. The van der Waals surface area contributed by atoms with Crippen molar-refractivity contribution < 1.29 is 14.1 Å². The van der Waals surface area contributed by atoms with Gasteiger partial charge in [-0.1, -0.05) is 47.3 Å². The van der Waals surface area contributed by atoms with Crippen LogP contribution < -0.4 is 10.1 Å². The van der Waals surface area contributed by atoms with Crippen LogP contribution in [0.1, 0.15) is 31.4 Å². The fourth-order valence-electron chi connectivity index (χ4n) is 2.73. The van der Waals surface area contributed by atoms with E-state index in [1.807, 2.05) is 0 Å². The Labute approximate surface area is 143 Å². The third-order valence-corrected chi connectivity index (χ3v) is 4.51. The SMILES string of the molecule is Cc1onc(-c2c(Cl)cccc2Cl)c1OC(=O)NC1CCCC1. The second-order valence-electron chi connectivity index (χ2n) is 5.53. The van der Waals surface area contributed by atoms with Crippen LogP contribution in [-0.2, 0) is 0 Å². The van der Waals surface area contributed by atoms with Crippen molar-refractivity contribution in [2.24, 2.45) is 0 Å². The van der Waals surface area contributed by atoms with E-state index in [-0.39, 0.29) is 11.8 Å². The standard InChI is InChI=1S/C16H16Cl2N2O3/c1-9-15(22-16(21)19-10-5-2-3-6-10)14(20-23-9)13-11(17)7-4-8-12(13)18/h4,7-8,10H,2-3,5-6H2,1H3,(H,19,21). The summed E-state index contributed by atoms with van der Waals surface area (Å²) in [6.45, 7) is 1.67. The van der Waals surface area contributed by atoms with E-state index in [4.69, 9.17) is 32.5 Å². The van der Waals surface area contributed by atoms with Crippen LogP contribution in [0.2, 0.25) is 10.0 Å². The molecule has 1 amide bonds. The van der Waals surface area contributed by atoms with Crippen molar-refractivity contribution in [2.45, 2.75) is 38.6 Å². The van der Waals surface area contributed by atoms with Crippen LogP contribution in [0.3, 0.4) is 0 Å². The van der Waals surface area contributed by atoms with E-state index in [0.717, 1.165) is 25.7 Å². The van der Waals surface area contributed by atoms with Gasteiger partial charge >= 0.3 is 6.09 Å². The summed E-state index contributed by atoms with van der Waals surface area (Å²) in [7, 11) is 0. The number of carbonyl (C=O) groups is 1. The lowest BCUT2D eigenvalue weighted by molar-refractivity contribution is 0.195. The van der Waals surface area contributed by atoms with Crippen LogP contribution in [0.15, 0.2) is 22.7 Å². The number of carbonyl (C=O) groups excluding carboxylic acids is 1. The topological polar surface area (TPSA) is 64.4 Å². The Morgan fingerprint density at radius 1 is 1.30 bits per heavy atom. The minimum Gasteiger partial charge on any atom is -0.404 e. The summed E-state index contributed by atoms with van der Waals surface area (Å²) in [5.41, 5.74) is 0.802. The number of aryl methyl sites for hydroxylation is 1. The van der Waals surface area contributed by atoms with Crippen molar-refractivity contribution in [3.63, 3.8) is 0 Å². The van der Waals surface area contributed by atoms with Gasteiger partial charge in [-0.25, -0.2) is 4.79 Å². The van der Waals surface area contributed by atoms with Crippen molar-refractivity contribution in [2.75, 3.05) is 0 Å². The lowest BCUT2D eigenvalue weighted by atomic mass is 10.1. The first kappa shape index (κ1) is 16.1. The summed E-state index contributed by atoms with van der Waals surface area (Å²) >= 11 is 12.4. The Morgan fingerprint density at radius 3 is 2.61 bits per heavy atom. The summed E-state index contributed by atoms with van der Waals surface area (Å²) in [5.74, 6) is 0.619. The number of halogens is 2. The predicted molar refractivity (Wildman–Crippen MR) is 88.1 cm³/mol. The third kappa shape index (κ3) is 3.46. The first-order chi connectivity index (χ1) is 11.1. The monoisotopic (exact) mass is 354 g/mol. The highest BCUT2D eigenvalue weighted by Gasteiger charge is 2.25. The molecule has 122 valence electrons. The lowest BCUT2D eigenvalue weighted by Crippen LogP contribution is -2.35. The summed E-state index contributed by atoms with van der Waals surface area (Å²) in [6.07, 6.45) is 3.67. The predicted octanol–water partition coefficient (Wildman–Crippen LogP) is 4.99. The Balaban J connectivity index is 1.85. The highest BCUT2D eigenvalue weighted by Crippen LogP contribution is 2.40. The minimum absolute atomic E-state index is 0.162. The molecule has 2 aromatic rings. The number of hydrogen-bond donors (Lipinski definition) is 1. The largest absolute Gasteiger partial charge is 0.413 e. The van der Waals surface area contributed by atoms with Gasteiger partial charge < -0.3 is 14.6 Å². The quantitative estimate of drug-likeness (QED) is 0.843. The van der Waals surface area contributed by atoms with Gasteiger partial charge in [0.1, 0.15) is 0 Å². The molecule has 0 bridgehead atoms. The fraction of sp³-hybridized carbons (Fsp3) is 0.375. The van der Waals surface area contributed by atoms with Gasteiger partial charge in [0.25, 0.3) is 0 Å². The Bertz CT molecular complexity index is 704. The van der Waals surface area contributed by atoms with E-state index < -0.39 is 6.09 Å². The first-order valence-corrected chi connectivity index (χ1v) is 8.21. The highest BCUT2D eigenvalue weighted by molar-refractivity contribution is 6.39. The summed E-state index contributed by atoms with van der Waals surface area (Å²) in [4.78, 5) is 12.1. The molecule has 3 rings (SSSR count). The first-order valence-electron chi connectivity index (χ1n) is 7.45. The molecule has 1 heterocycles. The molecule has 1 aliphatic carbocycles. The maximum absolute atomic E-state index is 12.1. The molecule has 1 aromatic carbocycles. The van der Waals surface area contributed by atoms with E-state index in [9.17, 15) is 4.79 Å². The fourth-order valence-corrected chi connectivity index (χ4v) is 3.30. The normalized spacial score (nSPS) is 14.9. The van der Waals surface area contributed by atoms with Gasteiger partial charge in [-0.2, -0.15) is 0 Å². The van der Waals surface area contributed by atoms with E-state index in [1.165, 1.54) is 0 Å². The zero-order chi connectivity index (χ0) is 16.4. The Hall–Kier alpha value is -1.72. The average molecular weight is 355 g/mol. The second kappa shape index (κ2) is 6.81. The molecule has 5 nitrogen and oxygen atoms in total. The van der Waals surface area contributed by atoms with Crippen molar-refractivity contribution in [3.05, 3.63) is 34.0 Å². The van der Waals surface area contributed by atoms with Crippen LogP contribution >= 0.6 is 23.2 Å². The molecule has 1 saturated carbocycles. The summed E-state index contributed by atoms with van der Waals surface area (Å²) in [5, 5.41) is 7.62. The molecule has 0 atom stereocenters. The molecular formula is C16H16Cl2N2O3.